The molecule has 0 spiro atoms. The summed E-state index contributed by atoms with van der Waals surface area (Å²) in [5.41, 5.74) is 0.397. The average molecular weight is 261 g/mol. The zero-order chi connectivity index (χ0) is 14.3. The summed E-state index contributed by atoms with van der Waals surface area (Å²) < 4.78 is 4.62. The Hall–Kier alpha value is -2.42. The highest BCUT2D eigenvalue weighted by Gasteiger charge is 2.24. The van der Waals surface area contributed by atoms with Crippen LogP contribution in [-0.2, 0) is 9.53 Å². The molecule has 0 unspecified atom stereocenters. The molecule has 100 valence electrons. The Morgan fingerprint density at radius 3 is 2.63 bits per heavy atom. The normalized spacial score (nSPS) is 12.9. The van der Waals surface area contributed by atoms with Crippen LogP contribution in [0.25, 0.3) is 0 Å². The van der Waals surface area contributed by atoms with Gasteiger partial charge in [0, 0.05) is 23.9 Å². The van der Waals surface area contributed by atoms with Crippen molar-refractivity contribution in [3.8, 4) is 6.07 Å². The van der Waals surface area contributed by atoms with Crippen LogP contribution in [0.4, 0.5) is 0 Å². The molecule has 2 atom stereocenters. The van der Waals surface area contributed by atoms with Crippen molar-refractivity contribution in [1.82, 2.24) is 10.3 Å². The van der Waals surface area contributed by atoms with Crippen LogP contribution >= 0.6 is 0 Å². The van der Waals surface area contributed by atoms with Crippen molar-refractivity contribution in [2.75, 3.05) is 7.11 Å². The van der Waals surface area contributed by atoms with Gasteiger partial charge in [0.2, 0.25) is 0 Å². The number of hydrogen-bond acceptors (Lipinski definition) is 5. The van der Waals surface area contributed by atoms with Crippen LogP contribution in [0, 0.1) is 17.2 Å². The van der Waals surface area contributed by atoms with Gasteiger partial charge in [0.25, 0.3) is 5.91 Å². The number of amides is 1. The van der Waals surface area contributed by atoms with Gasteiger partial charge in [-0.15, -0.1) is 0 Å². The minimum Gasteiger partial charge on any atom is -0.467 e. The van der Waals surface area contributed by atoms with Crippen molar-refractivity contribution in [3.63, 3.8) is 0 Å². The van der Waals surface area contributed by atoms with E-state index in [0.717, 1.165) is 0 Å². The van der Waals surface area contributed by atoms with Gasteiger partial charge in [-0.05, 0) is 25.5 Å². The van der Waals surface area contributed by atoms with Gasteiger partial charge in [0.05, 0.1) is 13.2 Å². The van der Waals surface area contributed by atoms with Crippen molar-refractivity contribution >= 4 is 11.9 Å². The molecule has 1 N–H and O–H groups in total. The lowest BCUT2D eigenvalue weighted by Gasteiger charge is -2.17. The average Bonchev–Trinajstić information content (AvgIpc) is 2.46. The van der Waals surface area contributed by atoms with Gasteiger partial charge in [-0.1, -0.05) is 0 Å². The predicted octanol–water partition coefficient (Wildman–Crippen LogP) is 0.903. The molecule has 0 saturated carbocycles. The van der Waals surface area contributed by atoms with Crippen LogP contribution in [0.15, 0.2) is 24.5 Å². The number of pyridine rings is 1. The number of hydrogen-bond donors (Lipinski definition) is 1. The topological polar surface area (TPSA) is 92.1 Å². The molecule has 0 fully saturated rings. The maximum absolute atomic E-state index is 11.9. The molecular weight excluding hydrogens is 246 g/mol. The van der Waals surface area contributed by atoms with Crippen molar-refractivity contribution in [2.45, 2.75) is 19.4 Å². The Balaban J connectivity index is 2.75. The second kappa shape index (κ2) is 7.11. The molecule has 0 aliphatic carbocycles. The highest BCUT2D eigenvalue weighted by molar-refractivity contribution is 5.96. The van der Waals surface area contributed by atoms with Crippen molar-refractivity contribution in [1.29, 1.82) is 5.26 Å². The molecular formula is C13H15N3O3. The molecule has 1 aromatic rings. The highest BCUT2D eigenvalue weighted by Crippen LogP contribution is 2.07. The lowest BCUT2D eigenvalue weighted by molar-refractivity contribution is -0.143. The van der Waals surface area contributed by atoms with E-state index in [-0.39, 0.29) is 12.3 Å². The Kier molecular flexibility index (Phi) is 5.48. The second-order valence-electron chi connectivity index (χ2n) is 4.05. The number of carbonyl (C=O) groups is 2. The number of carbonyl (C=O) groups excluding carboxylic acids is 2. The molecule has 6 heteroatoms. The van der Waals surface area contributed by atoms with Gasteiger partial charge >= 0.3 is 5.97 Å². The van der Waals surface area contributed by atoms with Gasteiger partial charge in [0.15, 0.2) is 0 Å². The Morgan fingerprint density at radius 2 is 2.11 bits per heavy atom. The molecule has 1 rings (SSSR count). The predicted molar refractivity (Wildman–Crippen MR) is 66.9 cm³/mol. The summed E-state index contributed by atoms with van der Waals surface area (Å²) in [6.07, 6.45) is 3.18. The maximum atomic E-state index is 11.9. The summed E-state index contributed by atoms with van der Waals surface area (Å²) in [7, 11) is 1.24. The molecule has 1 amide bonds. The molecule has 1 heterocycles. The van der Waals surface area contributed by atoms with E-state index >= 15 is 0 Å². The smallest absolute Gasteiger partial charge is 0.328 e. The number of ether oxygens (including phenoxy) is 1. The molecule has 0 aliphatic heterocycles. The van der Waals surface area contributed by atoms with Crippen LogP contribution in [-0.4, -0.2) is 30.0 Å². The fourth-order valence-electron chi connectivity index (χ4n) is 1.51. The van der Waals surface area contributed by atoms with E-state index in [2.05, 4.69) is 15.0 Å². The number of nitriles is 1. The largest absolute Gasteiger partial charge is 0.467 e. The number of nitrogens with one attached hydrogen (secondary N) is 1. The van der Waals surface area contributed by atoms with E-state index in [1.165, 1.54) is 31.6 Å². The SMILES string of the molecule is COC(=O)[C@@H](C[C@H](C)C#N)NC(=O)c1ccncc1. The summed E-state index contributed by atoms with van der Waals surface area (Å²) in [6.45, 7) is 1.68. The van der Waals surface area contributed by atoms with E-state index < -0.39 is 17.9 Å². The number of esters is 1. The van der Waals surface area contributed by atoms with E-state index in [0.29, 0.717) is 5.56 Å². The summed E-state index contributed by atoms with van der Waals surface area (Å²) in [4.78, 5) is 27.3. The van der Waals surface area contributed by atoms with Crippen LogP contribution in [0.5, 0.6) is 0 Å². The molecule has 0 saturated heterocycles. The van der Waals surface area contributed by atoms with Crippen LogP contribution in [0.2, 0.25) is 0 Å². The van der Waals surface area contributed by atoms with Crippen LogP contribution in [0.3, 0.4) is 0 Å². The first-order valence-electron chi connectivity index (χ1n) is 5.76. The molecule has 6 nitrogen and oxygen atoms in total. The third-order valence-corrected chi connectivity index (χ3v) is 2.54. The van der Waals surface area contributed by atoms with E-state index in [1.54, 1.807) is 6.92 Å². The molecule has 0 radical (unpaired) electrons. The third-order valence-electron chi connectivity index (χ3n) is 2.54. The monoisotopic (exact) mass is 261 g/mol. The molecule has 0 bridgehead atoms. The molecule has 0 aromatic carbocycles. The number of rotatable bonds is 5. The zero-order valence-electron chi connectivity index (χ0n) is 10.8. The van der Waals surface area contributed by atoms with Gasteiger partial charge < -0.3 is 10.1 Å². The summed E-state index contributed by atoms with van der Waals surface area (Å²) in [5, 5.41) is 11.3. The minimum absolute atomic E-state index is 0.208. The van der Waals surface area contributed by atoms with Gasteiger partial charge in [-0.3, -0.25) is 9.78 Å². The Labute approximate surface area is 111 Å². The first kappa shape index (κ1) is 14.6. The third kappa shape index (κ3) is 4.39. The highest BCUT2D eigenvalue weighted by atomic mass is 16.5. The Bertz CT molecular complexity index is 482. The van der Waals surface area contributed by atoms with E-state index in [1.807, 2.05) is 6.07 Å². The lowest BCUT2D eigenvalue weighted by Crippen LogP contribution is -2.42. The standard InChI is InChI=1S/C13H15N3O3/c1-9(8-14)7-11(13(18)19-2)16-12(17)10-3-5-15-6-4-10/h3-6,9,11H,7H2,1-2H3,(H,16,17)/t9-,11+/m0/s1. The van der Waals surface area contributed by atoms with E-state index in [9.17, 15) is 9.59 Å². The number of aromatic nitrogens is 1. The second-order valence-corrected chi connectivity index (χ2v) is 4.05. The number of nitrogens with zero attached hydrogens (tertiary/aromatic N) is 2. The fraction of sp³-hybridized carbons (Fsp3) is 0.385. The molecule has 19 heavy (non-hydrogen) atoms. The summed E-state index contributed by atoms with van der Waals surface area (Å²) >= 11 is 0. The van der Waals surface area contributed by atoms with Gasteiger partial charge in [-0.25, -0.2) is 4.79 Å². The summed E-state index contributed by atoms with van der Waals surface area (Å²) in [6, 6.07) is 4.26. The van der Waals surface area contributed by atoms with Gasteiger partial charge in [0.1, 0.15) is 6.04 Å². The quantitative estimate of drug-likeness (QED) is 0.795. The maximum Gasteiger partial charge on any atom is 0.328 e. The van der Waals surface area contributed by atoms with Crippen LogP contribution < -0.4 is 5.32 Å². The molecule has 0 aliphatic rings. The molecule has 1 aromatic heterocycles. The number of methoxy groups -OCH3 is 1. The van der Waals surface area contributed by atoms with E-state index in [4.69, 9.17) is 5.26 Å². The summed E-state index contributed by atoms with van der Waals surface area (Å²) in [5.74, 6) is -1.32. The first-order chi connectivity index (χ1) is 9.08. The van der Waals surface area contributed by atoms with Crippen LogP contribution in [0.1, 0.15) is 23.7 Å². The zero-order valence-corrected chi connectivity index (χ0v) is 10.8. The van der Waals surface area contributed by atoms with Gasteiger partial charge in [-0.2, -0.15) is 5.26 Å². The van der Waals surface area contributed by atoms with Crippen molar-refractivity contribution in [2.24, 2.45) is 5.92 Å². The minimum atomic E-state index is -0.833. The fourth-order valence-corrected chi connectivity index (χ4v) is 1.51. The van der Waals surface area contributed by atoms with Crippen molar-refractivity contribution < 1.29 is 14.3 Å². The van der Waals surface area contributed by atoms with Crippen molar-refractivity contribution in [3.05, 3.63) is 30.1 Å². The first-order valence-corrected chi connectivity index (χ1v) is 5.76. The Morgan fingerprint density at radius 1 is 1.47 bits per heavy atom. The lowest BCUT2D eigenvalue weighted by atomic mass is 10.0.